The SMILES string of the molecule is CCC(CC)CC1(C(=O)Nc2ccc(SC(=O)C(C)C)cc2)CCC(N=O)(C(F)(F)F)CC1. The van der Waals surface area contributed by atoms with Crippen molar-refractivity contribution >= 4 is 28.5 Å². The summed E-state index contributed by atoms with van der Waals surface area (Å²) in [5.74, 6) is -0.232. The van der Waals surface area contributed by atoms with Gasteiger partial charge in [0.2, 0.25) is 5.91 Å². The van der Waals surface area contributed by atoms with Crippen molar-refractivity contribution in [3.05, 3.63) is 29.2 Å². The Bertz CT molecular complexity index is 828. The highest BCUT2D eigenvalue weighted by Gasteiger charge is 2.61. The van der Waals surface area contributed by atoms with Crippen LogP contribution in [0.5, 0.6) is 0 Å². The maximum atomic E-state index is 13.5. The van der Waals surface area contributed by atoms with Crippen molar-refractivity contribution in [1.82, 2.24) is 0 Å². The minimum absolute atomic E-state index is 0.0371. The average Bonchev–Trinajstić information content (AvgIpc) is 2.78. The molecular weight excluding hydrogens is 453 g/mol. The Labute approximate surface area is 197 Å². The van der Waals surface area contributed by atoms with E-state index in [-0.39, 0.29) is 35.7 Å². The Morgan fingerprint density at radius 2 is 1.61 bits per heavy atom. The van der Waals surface area contributed by atoms with E-state index in [9.17, 15) is 27.7 Å². The molecule has 1 amide bonds. The van der Waals surface area contributed by atoms with Crippen molar-refractivity contribution < 1.29 is 22.8 Å². The third kappa shape index (κ3) is 6.37. The summed E-state index contributed by atoms with van der Waals surface area (Å²) in [6, 6.07) is 6.85. The number of nitroso groups, excluding NO2 is 1. The van der Waals surface area contributed by atoms with Crippen LogP contribution in [0, 0.1) is 22.2 Å². The van der Waals surface area contributed by atoms with Crippen molar-refractivity contribution in [3.63, 3.8) is 0 Å². The molecule has 1 aliphatic rings. The molecule has 0 saturated heterocycles. The third-order valence-corrected chi connectivity index (χ3v) is 8.03. The van der Waals surface area contributed by atoms with Crippen LogP contribution in [0.2, 0.25) is 0 Å². The minimum Gasteiger partial charge on any atom is -0.326 e. The van der Waals surface area contributed by atoms with Gasteiger partial charge in [-0.05, 0) is 62.3 Å². The van der Waals surface area contributed by atoms with Gasteiger partial charge in [0.05, 0.1) is 0 Å². The van der Waals surface area contributed by atoms with Gasteiger partial charge in [-0.25, -0.2) is 0 Å². The van der Waals surface area contributed by atoms with Gasteiger partial charge < -0.3 is 5.32 Å². The van der Waals surface area contributed by atoms with Gasteiger partial charge in [0, 0.05) is 21.9 Å². The lowest BCUT2D eigenvalue weighted by molar-refractivity contribution is -0.200. The van der Waals surface area contributed by atoms with E-state index in [1.165, 1.54) is 0 Å². The molecule has 1 N–H and O–H groups in total. The number of halogens is 3. The lowest BCUT2D eigenvalue weighted by Gasteiger charge is -2.44. The summed E-state index contributed by atoms with van der Waals surface area (Å²) >= 11 is 1.13. The lowest BCUT2D eigenvalue weighted by Crippen LogP contribution is -2.51. The molecule has 0 aliphatic heterocycles. The van der Waals surface area contributed by atoms with Crippen LogP contribution in [0.3, 0.4) is 0 Å². The summed E-state index contributed by atoms with van der Waals surface area (Å²) < 4.78 is 40.6. The molecule has 2 rings (SSSR count). The van der Waals surface area contributed by atoms with Gasteiger partial charge in [0.25, 0.3) is 0 Å². The van der Waals surface area contributed by atoms with Gasteiger partial charge in [0.1, 0.15) is 0 Å². The molecule has 5 nitrogen and oxygen atoms in total. The third-order valence-electron chi connectivity index (χ3n) is 6.85. The fraction of sp³-hybridized carbons (Fsp3) is 0.667. The molecule has 1 aromatic carbocycles. The summed E-state index contributed by atoms with van der Waals surface area (Å²) in [5, 5.41) is 5.40. The van der Waals surface area contributed by atoms with E-state index in [0.717, 1.165) is 29.5 Å². The molecule has 0 spiro atoms. The summed E-state index contributed by atoms with van der Waals surface area (Å²) in [5.41, 5.74) is -3.09. The van der Waals surface area contributed by atoms with Crippen molar-refractivity contribution in [1.29, 1.82) is 0 Å². The highest BCUT2D eigenvalue weighted by atomic mass is 32.2. The first-order valence-corrected chi connectivity index (χ1v) is 12.3. The Morgan fingerprint density at radius 1 is 1.06 bits per heavy atom. The summed E-state index contributed by atoms with van der Waals surface area (Å²) in [6.45, 7) is 7.65. The Balaban J connectivity index is 2.22. The molecule has 0 atom stereocenters. The van der Waals surface area contributed by atoms with Gasteiger partial charge in [-0.15, -0.1) is 4.91 Å². The molecule has 0 bridgehead atoms. The molecule has 184 valence electrons. The fourth-order valence-electron chi connectivity index (χ4n) is 4.33. The molecule has 1 aliphatic carbocycles. The fourth-order valence-corrected chi connectivity index (χ4v) is 5.07. The van der Waals surface area contributed by atoms with E-state index in [2.05, 4.69) is 10.5 Å². The highest BCUT2D eigenvalue weighted by Crippen LogP contribution is 2.53. The molecule has 0 heterocycles. The molecule has 0 aromatic heterocycles. The lowest BCUT2D eigenvalue weighted by atomic mass is 9.63. The second-order valence-electron chi connectivity index (χ2n) is 9.34. The predicted octanol–water partition coefficient (Wildman–Crippen LogP) is 7.35. The number of alkyl halides is 3. The van der Waals surface area contributed by atoms with Crippen LogP contribution < -0.4 is 5.32 Å². The molecular formula is C24H33F3N2O3S. The van der Waals surface area contributed by atoms with Crippen molar-refractivity contribution in [3.8, 4) is 0 Å². The van der Waals surface area contributed by atoms with E-state index in [4.69, 9.17) is 0 Å². The van der Waals surface area contributed by atoms with Crippen LogP contribution in [0.1, 0.15) is 72.6 Å². The average molecular weight is 487 g/mol. The number of carbonyl (C=O) groups excluding carboxylic acids is 2. The number of nitrogens with one attached hydrogen (secondary N) is 1. The number of amides is 1. The number of nitrogens with zero attached hydrogens (tertiary/aromatic N) is 1. The first-order chi connectivity index (χ1) is 15.4. The molecule has 1 aromatic rings. The smallest absolute Gasteiger partial charge is 0.326 e. The van der Waals surface area contributed by atoms with Crippen LogP contribution in [0.15, 0.2) is 34.3 Å². The van der Waals surface area contributed by atoms with Crippen molar-refractivity contribution in [2.75, 3.05) is 5.32 Å². The Kier molecular flexibility index (Phi) is 9.13. The molecule has 0 unspecified atom stereocenters. The predicted molar refractivity (Wildman–Crippen MR) is 125 cm³/mol. The summed E-state index contributed by atoms with van der Waals surface area (Å²) in [6.07, 6.45) is -3.69. The van der Waals surface area contributed by atoms with Crippen LogP contribution in [-0.2, 0) is 9.59 Å². The molecule has 1 saturated carbocycles. The van der Waals surface area contributed by atoms with Crippen molar-refractivity contribution in [2.24, 2.45) is 22.4 Å². The van der Waals surface area contributed by atoms with E-state index in [1.54, 1.807) is 24.3 Å². The van der Waals surface area contributed by atoms with Gasteiger partial charge in [0.15, 0.2) is 10.7 Å². The number of benzene rings is 1. The van der Waals surface area contributed by atoms with Crippen molar-refractivity contribution in [2.45, 2.75) is 89.3 Å². The molecule has 33 heavy (non-hydrogen) atoms. The summed E-state index contributed by atoms with van der Waals surface area (Å²) in [4.78, 5) is 37.3. The Morgan fingerprint density at radius 3 is 2.03 bits per heavy atom. The highest BCUT2D eigenvalue weighted by molar-refractivity contribution is 8.13. The zero-order valence-corrected chi connectivity index (χ0v) is 20.4. The van der Waals surface area contributed by atoms with E-state index < -0.39 is 30.0 Å². The maximum absolute atomic E-state index is 13.5. The maximum Gasteiger partial charge on any atom is 0.417 e. The van der Waals surface area contributed by atoms with E-state index in [1.807, 2.05) is 27.7 Å². The number of thioether (sulfide) groups is 1. The number of hydrogen-bond donors (Lipinski definition) is 1. The zero-order chi connectivity index (χ0) is 24.9. The Hall–Kier alpha value is -1.90. The monoisotopic (exact) mass is 486 g/mol. The van der Waals surface area contributed by atoms with Crippen LogP contribution in [-0.4, -0.2) is 22.7 Å². The van der Waals surface area contributed by atoms with Crippen LogP contribution in [0.25, 0.3) is 0 Å². The largest absolute Gasteiger partial charge is 0.417 e. The number of carbonyl (C=O) groups is 2. The second-order valence-corrected chi connectivity index (χ2v) is 10.4. The van der Waals surface area contributed by atoms with E-state index in [0.29, 0.717) is 12.1 Å². The molecule has 0 radical (unpaired) electrons. The van der Waals surface area contributed by atoms with Gasteiger partial charge in [-0.3, -0.25) is 9.59 Å². The molecule has 1 fully saturated rings. The second kappa shape index (κ2) is 11.0. The van der Waals surface area contributed by atoms with E-state index >= 15 is 0 Å². The standard InChI is InChI=1S/C24H33F3N2O3S/c1-5-17(6-2)15-22(11-13-23(29-32,14-12-22)24(25,26)27)21(31)28-18-7-9-19(10-8-18)33-20(30)16(3)4/h7-10,16-17H,5-6,11-15H2,1-4H3,(H,28,31). The first-order valence-electron chi connectivity index (χ1n) is 11.5. The topological polar surface area (TPSA) is 75.6 Å². The quantitative estimate of drug-likeness (QED) is 0.292. The molecule has 9 heteroatoms. The zero-order valence-electron chi connectivity index (χ0n) is 19.6. The van der Waals surface area contributed by atoms with Gasteiger partial charge in [-0.1, -0.05) is 57.5 Å². The van der Waals surface area contributed by atoms with Crippen LogP contribution in [0.4, 0.5) is 18.9 Å². The first kappa shape index (κ1) is 27.3. The minimum atomic E-state index is -4.73. The number of anilines is 1. The van der Waals surface area contributed by atoms with Gasteiger partial charge >= 0.3 is 6.18 Å². The number of hydrogen-bond acceptors (Lipinski definition) is 5. The number of rotatable bonds is 9. The van der Waals surface area contributed by atoms with Gasteiger partial charge in [-0.2, -0.15) is 13.2 Å². The normalized spacial score (nSPS) is 23.5. The van der Waals surface area contributed by atoms with Crippen LogP contribution >= 0.6 is 11.8 Å². The summed E-state index contributed by atoms with van der Waals surface area (Å²) in [7, 11) is 0.